The molecular formula is C30H24N4O7. The average molecular weight is 553 g/mol. The van der Waals surface area contributed by atoms with E-state index < -0.39 is 29.3 Å². The Morgan fingerprint density at radius 2 is 1.78 bits per heavy atom. The van der Waals surface area contributed by atoms with Gasteiger partial charge in [0.2, 0.25) is 5.91 Å². The minimum Gasteiger partial charge on any atom is -0.495 e. The molecule has 4 aromatic rings. The Hall–Kier alpha value is -5.71. The molecule has 0 saturated carbocycles. The third-order valence-corrected chi connectivity index (χ3v) is 6.38. The molecule has 0 spiro atoms. The summed E-state index contributed by atoms with van der Waals surface area (Å²) < 4.78 is 11.3. The second-order valence-corrected chi connectivity index (χ2v) is 9.04. The number of fused-ring (bicyclic) bond motifs is 1. The normalized spacial score (nSPS) is 13.8. The Bertz CT molecular complexity index is 1720. The summed E-state index contributed by atoms with van der Waals surface area (Å²) in [5.41, 5.74) is 1.43. The molecule has 0 aromatic heterocycles. The molecule has 0 atom stereocenters. The summed E-state index contributed by atoms with van der Waals surface area (Å²) >= 11 is 0. The third-order valence-electron chi connectivity index (χ3n) is 6.38. The number of hydrogen-bond acceptors (Lipinski definition) is 7. The second kappa shape index (κ2) is 11.6. The summed E-state index contributed by atoms with van der Waals surface area (Å²) in [5.74, 6) is -0.419. The number of carbonyl (C=O) groups excluding carboxylic acids is 3. The van der Waals surface area contributed by atoms with Crippen molar-refractivity contribution in [2.24, 2.45) is 0 Å². The number of carbonyl (C=O) groups is 3. The van der Waals surface area contributed by atoms with Crippen LogP contribution in [-0.2, 0) is 16.2 Å². The van der Waals surface area contributed by atoms with Crippen LogP contribution in [0.5, 0.6) is 11.5 Å². The molecule has 1 aliphatic rings. The fraction of sp³-hybridized carbons (Fsp3) is 0.100. The second-order valence-electron chi connectivity index (χ2n) is 9.04. The van der Waals surface area contributed by atoms with Crippen LogP contribution in [0.2, 0.25) is 0 Å². The molecule has 206 valence electrons. The molecular weight excluding hydrogens is 528 g/mol. The number of benzene rings is 4. The lowest BCUT2D eigenvalue weighted by Crippen LogP contribution is -2.38. The van der Waals surface area contributed by atoms with Crippen LogP contribution in [0.15, 0.2) is 90.6 Å². The number of methoxy groups -OCH3 is 1. The van der Waals surface area contributed by atoms with E-state index >= 15 is 0 Å². The van der Waals surface area contributed by atoms with Crippen molar-refractivity contribution in [3.63, 3.8) is 0 Å². The zero-order valence-corrected chi connectivity index (χ0v) is 21.8. The van der Waals surface area contributed by atoms with Gasteiger partial charge in [-0.25, -0.2) is 9.69 Å². The lowest BCUT2D eigenvalue weighted by molar-refractivity contribution is -0.384. The fourth-order valence-electron chi connectivity index (χ4n) is 4.41. The quantitative estimate of drug-likeness (QED) is 0.131. The van der Waals surface area contributed by atoms with Crippen LogP contribution >= 0.6 is 0 Å². The molecule has 41 heavy (non-hydrogen) atoms. The lowest BCUT2D eigenvalue weighted by atomic mass is 10.0. The van der Waals surface area contributed by atoms with Gasteiger partial charge in [0.15, 0.2) is 0 Å². The molecule has 1 aliphatic heterocycles. The van der Waals surface area contributed by atoms with E-state index in [9.17, 15) is 24.5 Å². The number of anilines is 1. The van der Waals surface area contributed by atoms with Crippen LogP contribution in [0.25, 0.3) is 16.8 Å². The molecule has 11 nitrogen and oxygen atoms in total. The van der Waals surface area contributed by atoms with Gasteiger partial charge >= 0.3 is 6.03 Å². The number of nitrogens with one attached hydrogen (secondary N) is 2. The number of urea groups is 1. The summed E-state index contributed by atoms with van der Waals surface area (Å²) in [4.78, 5) is 50.1. The maximum Gasteiger partial charge on any atom is 0.329 e. The topological polar surface area (TPSA) is 140 Å². The van der Waals surface area contributed by atoms with E-state index in [1.165, 1.54) is 25.3 Å². The van der Waals surface area contributed by atoms with Gasteiger partial charge in [-0.2, -0.15) is 0 Å². The molecule has 1 fully saturated rings. The molecule has 2 N–H and O–H groups in total. The molecule has 5 rings (SSSR count). The summed E-state index contributed by atoms with van der Waals surface area (Å²) in [6.45, 7) is -0.475. The number of nitro groups is 1. The number of nitro benzene ring substituents is 1. The van der Waals surface area contributed by atoms with Crippen LogP contribution in [0.4, 0.5) is 16.2 Å². The Morgan fingerprint density at radius 1 is 1.00 bits per heavy atom. The molecule has 0 bridgehead atoms. The molecule has 4 amide bonds. The van der Waals surface area contributed by atoms with Crippen molar-refractivity contribution in [3.05, 3.63) is 112 Å². The van der Waals surface area contributed by atoms with E-state index in [4.69, 9.17) is 9.47 Å². The summed E-state index contributed by atoms with van der Waals surface area (Å²) in [6.07, 6.45) is 1.50. The molecule has 0 unspecified atom stereocenters. The summed E-state index contributed by atoms with van der Waals surface area (Å²) in [6, 6.07) is 23.2. The van der Waals surface area contributed by atoms with E-state index in [2.05, 4.69) is 10.6 Å². The minimum absolute atomic E-state index is 0.0309. The first-order valence-corrected chi connectivity index (χ1v) is 12.5. The maximum absolute atomic E-state index is 13.2. The van der Waals surface area contributed by atoms with Crippen molar-refractivity contribution < 1.29 is 28.8 Å². The largest absolute Gasteiger partial charge is 0.495 e. The number of amides is 4. The number of nitrogens with zero attached hydrogens (tertiary/aromatic N) is 2. The number of imide groups is 1. The first-order chi connectivity index (χ1) is 19.8. The highest BCUT2D eigenvalue weighted by Crippen LogP contribution is 2.32. The SMILES string of the molecule is COc1ccccc1NC(=O)CN1C(=O)N/C(=C/c2c(OCc3cccc([N+](=O)[O-])c3)ccc3ccccc23)C1=O. The maximum atomic E-state index is 13.2. The van der Waals surface area contributed by atoms with Crippen molar-refractivity contribution in [3.8, 4) is 11.5 Å². The van der Waals surface area contributed by atoms with Crippen molar-refractivity contribution in [2.75, 3.05) is 19.0 Å². The van der Waals surface area contributed by atoms with Crippen molar-refractivity contribution in [2.45, 2.75) is 6.61 Å². The molecule has 0 aliphatic carbocycles. The van der Waals surface area contributed by atoms with Crippen molar-refractivity contribution in [1.82, 2.24) is 10.2 Å². The van der Waals surface area contributed by atoms with Crippen molar-refractivity contribution >= 4 is 46.1 Å². The number of non-ortho nitro benzene ring substituents is 1. The highest BCUT2D eigenvalue weighted by atomic mass is 16.6. The predicted octanol–water partition coefficient (Wildman–Crippen LogP) is 4.87. The van der Waals surface area contributed by atoms with Gasteiger partial charge in [-0.15, -0.1) is 0 Å². The molecule has 0 radical (unpaired) electrons. The van der Waals surface area contributed by atoms with E-state index in [0.717, 1.165) is 15.7 Å². The molecule has 1 saturated heterocycles. The molecule has 1 heterocycles. The average Bonchev–Trinajstić information content (AvgIpc) is 3.24. The van der Waals surface area contributed by atoms with Crippen LogP contribution in [-0.4, -0.2) is 41.3 Å². The van der Waals surface area contributed by atoms with Gasteiger partial charge in [0.25, 0.3) is 11.6 Å². The standard InChI is InChI=1S/C30H24N4O7/c1-40-27-12-5-4-11-24(27)31-28(35)17-33-29(36)25(32-30(33)37)16-23-22-10-3-2-8-20(22)13-14-26(23)41-18-19-7-6-9-21(15-19)34(38)39/h2-16H,17-18H2,1H3,(H,31,35)(H,32,37)/b25-16+. The van der Waals surface area contributed by atoms with E-state index in [1.54, 1.807) is 42.5 Å². The lowest BCUT2D eigenvalue weighted by Gasteiger charge is -2.14. The Labute approximate surface area is 234 Å². The minimum atomic E-state index is -0.740. The highest BCUT2D eigenvalue weighted by molar-refractivity contribution is 6.16. The van der Waals surface area contributed by atoms with Crippen LogP contribution < -0.4 is 20.1 Å². The van der Waals surface area contributed by atoms with Crippen molar-refractivity contribution in [1.29, 1.82) is 0 Å². The Morgan fingerprint density at radius 3 is 2.59 bits per heavy atom. The fourth-order valence-corrected chi connectivity index (χ4v) is 4.41. The van der Waals surface area contributed by atoms with E-state index in [-0.39, 0.29) is 18.0 Å². The van der Waals surface area contributed by atoms with Crippen LogP contribution in [0, 0.1) is 10.1 Å². The van der Waals surface area contributed by atoms with Gasteiger partial charge in [-0.1, -0.05) is 54.6 Å². The molecule has 4 aromatic carbocycles. The Balaban J connectivity index is 1.40. The summed E-state index contributed by atoms with van der Waals surface area (Å²) in [5, 5.41) is 18.0. The number of para-hydroxylation sites is 2. The smallest absolute Gasteiger partial charge is 0.329 e. The van der Waals surface area contributed by atoms with Gasteiger partial charge in [0, 0.05) is 17.7 Å². The monoisotopic (exact) mass is 552 g/mol. The predicted molar refractivity (Wildman–Crippen MR) is 151 cm³/mol. The van der Waals surface area contributed by atoms with E-state index in [1.807, 2.05) is 30.3 Å². The highest BCUT2D eigenvalue weighted by Gasteiger charge is 2.35. The third kappa shape index (κ3) is 5.83. The first-order valence-electron chi connectivity index (χ1n) is 12.5. The van der Waals surface area contributed by atoms with Gasteiger partial charge in [-0.3, -0.25) is 19.7 Å². The van der Waals surface area contributed by atoms with Gasteiger partial charge < -0.3 is 20.1 Å². The molecule has 11 heteroatoms. The number of hydrogen-bond donors (Lipinski definition) is 2. The van der Waals surface area contributed by atoms with Gasteiger partial charge in [0.1, 0.15) is 30.3 Å². The number of ether oxygens (including phenoxy) is 2. The first kappa shape index (κ1) is 26.9. The van der Waals surface area contributed by atoms with Crippen LogP contribution in [0.1, 0.15) is 11.1 Å². The number of rotatable bonds is 9. The Kier molecular flexibility index (Phi) is 7.59. The summed E-state index contributed by atoms with van der Waals surface area (Å²) in [7, 11) is 1.47. The zero-order chi connectivity index (χ0) is 28.9. The zero-order valence-electron chi connectivity index (χ0n) is 21.8. The van der Waals surface area contributed by atoms with E-state index in [0.29, 0.717) is 28.3 Å². The van der Waals surface area contributed by atoms with Gasteiger partial charge in [0.05, 0.1) is 17.7 Å². The van der Waals surface area contributed by atoms with Crippen LogP contribution in [0.3, 0.4) is 0 Å². The van der Waals surface area contributed by atoms with Gasteiger partial charge in [-0.05, 0) is 40.6 Å².